The van der Waals surface area contributed by atoms with Crippen LogP contribution < -0.4 is 10.5 Å². The molecule has 1 fully saturated rings. The summed E-state index contributed by atoms with van der Waals surface area (Å²) in [5.41, 5.74) is 4.34. The zero-order chi connectivity index (χ0) is 22.4. The molecular weight excluding hydrogens is 421 g/mol. The Morgan fingerprint density at radius 3 is 2.64 bits per heavy atom. The maximum atomic E-state index is 13.7. The van der Waals surface area contributed by atoms with E-state index in [1.807, 2.05) is 28.8 Å². The van der Waals surface area contributed by atoms with Crippen molar-refractivity contribution < 1.29 is 9.13 Å². The molecule has 0 aliphatic carbocycles. The van der Waals surface area contributed by atoms with Crippen LogP contribution in [0.5, 0.6) is 0 Å². The van der Waals surface area contributed by atoms with E-state index in [1.54, 1.807) is 24.4 Å². The molecule has 0 amide bonds. The average molecular weight is 441 g/mol. The standard InChI is InChI=1S/C25H20FN5O2/c26-18-7-4-17(5-8-18)22-23(19-3-1-2-16-6-9-20(32)28-21(16)19)31-11-10-27-24(25(31)29-22)30-12-14-33-15-13-30/h1-11H,12-15H2,(H,28,32). The third kappa shape index (κ3) is 3.35. The molecule has 0 saturated carbocycles. The molecular formula is C25H20FN5O2. The Kier molecular flexibility index (Phi) is 4.66. The topological polar surface area (TPSA) is 75.5 Å². The lowest BCUT2D eigenvalue weighted by Gasteiger charge is -2.27. The Hall–Kier alpha value is -4.04. The minimum Gasteiger partial charge on any atom is -0.378 e. The lowest BCUT2D eigenvalue weighted by atomic mass is 10.0. The van der Waals surface area contributed by atoms with Gasteiger partial charge in [0.1, 0.15) is 5.82 Å². The predicted molar refractivity (Wildman–Crippen MR) is 125 cm³/mol. The molecule has 5 aromatic rings. The number of rotatable bonds is 3. The quantitative estimate of drug-likeness (QED) is 0.460. The van der Waals surface area contributed by atoms with Gasteiger partial charge in [0.25, 0.3) is 0 Å². The first-order valence-electron chi connectivity index (χ1n) is 10.8. The maximum absolute atomic E-state index is 13.7. The van der Waals surface area contributed by atoms with E-state index in [2.05, 4.69) is 14.9 Å². The van der Waals surface area contributed by atoms with E-state index in [0.29, 0.717) is 24.6 Å². The van der Waals surface area contributed by atoms with Gasteiger partial charge in [-0.1, -0.05) is 18.2 Å². The number of anilines is 1. The first-order chi connectivity index (χ1) is 16.2. The molecule has 7 nitrogen and oxygen atoms in total. The van der Waals surface area contributed by atoms with Crippen LogP contribution in [0.4, 0.5) is 10.2 Å². The van der Waals surface area contributed by atoms with Crippen LogP contribution in [0.25, 0.3) is 39.1 Å². The molecule has 6 rings (SSSR count). The van der Waals surface area contributed by atoms with Gasteiger partial charge in [-0.2, -0.15) is 0 Å². The molecule has 0 bridgehead atoms. The summed E-state index contributed by atoms with van der Waals surface area (Å²) < 4.78 is 21.2. The third-order valence-corrected chi connectivity index (χ3v) is 5.97. The number of hydrogen-bond donors (Lipinski definition) is 1. The Labute approximate surface area is 188 Å². The molecule has 0 spiro atoms. The minimum atomic E-state index is -0.311. The fourth-order valence-electron chi connectivity index (χ4n) is 4.40. The predicted octanol–water partition coefficient (Wildman–Crippen LogP) is 3.88. The van der Waals surface area contributed by atoms with Gasteiger partial charge in [-0.15, -0.1) is 0 Å². The van der Waals surface area contributed by atoms with E-state index in [1.165, 1.54) is 18.2 Å². The molecule has 1 aliphatic heterocycles. The Morgan fingerprint density at radius 2 is 1.82 bits per heavy atom. The lowest BCUT2D eigenvalue weighted by Crippen LogP contribution is -2.37. The molecule has 1 N–H and O–H groups in total. The number of nitrogens with one attached hydrogen (secondary N) is 1. The molecule has 3 aromatic heterocycles. The summed E-state index contributed by atoms with van der Waals surface area (Å²) in [7, 11) is 0. The average Bonchev–Trinajstić information content (AvgIpc) is 3.24. The highest BCUT2D eigenvalue weighted by atomic mass is 19.1. The van der Waals surface area contributed by atoms with Gasteiger partial charge in [0, 0.05) is 42.7 Å². The van der Waals surface area contributed by atoms with Crippen molar-refractivity contribution in [2.24, 2.45) is 0 Å². The molecule has 4 heterocycles. The smallest absolute Gasteiger partial charge is 0.248 e. The molecule has 0 radical (unpaired) electrons. The minimum absolute atomic E-state index is 0.178. The Morgan fingerprint density at radius 1 is 1.00 bits per heavy atom. The van der Waals surface area contributed by atoms with E-state index in [4.69, 9.17) is 9.72 Å². The van der Waals surface area contributed by atoms with Gasteiger partial charge < -0.3 is 14.6 Å². The van der Waals surface area contributed by atoms with E-state index in [0.717, 1.165) is 46.6 Å². The van der Waals surface area contributed by atoms with Gasteiger partial charge in [-0.25, -0.2) is 14.4 Å². The number of aromatic nitrogens is 4. The molecule has 2 aromatic carbocycles. The lowest BCUT2D eigenvalue weighted by molar-refractivity contribution is 0.122. The third-order valence-electron chi connectivity index (χ3n) is 5.97. The highest BCUT2D eigenvalue weighted by Gasteiger charge is 2.23. The number of aromatic amines is 1. The van der Waals surface area contributed by atoms with Gasteiger partial charge in [0.05, 0.1) is 30.1 Å². The van der Waals surface area contributed by atoms with Crippen LogP contribution in [-0.4, -0.2) is 45.7 Å². The van der Waals surface area contributed by atoms with Crippen molar-refractivity contribution in [3.8, 4) is 22.5 Å². The molecule has 0 unspecified atom stereocenters. The van der Waals surface area contributed by atoms with E-state index < -0.39 is 0 Å². The van der Waals surface area contributed by atoms with Gasteiger partial charge >= 0.3 is 0 Å². The molecule has 8 heteroatoms. The number of ether oxygens (including phenoxy) is 1. The number of halogens is 1. The van der Waals surface area contributed by atoms with Crippen molar-refractivity contribution >= 4 is 22.4 Å². The number of benzene rings is 2. The molecule has 1 aliphatic rings. The normalized spacial score (nSPS) is 14.3. The fourth-order valence-corrected chi connectivity index (χ4v) is 4.40. The Bertz CT molecular complexity index is 1530. The summed E-state index contributed by atoms with van der Waals surface area (Å²) in [4.78, 5) is 26.9. The maximum Gasteiger partial charge on any atom is 0.248 e. The number of pyridine rings is 1. The number of morpholine rings is 1. The van der Waals surface area contributed by atoms with E-state index in [-0.39, 0.29) is 11.4 Å². The van der Waals surface area contributed by atoms with Crippen molar-refractivity contribution in [1.82, 2.24) is 19.4 Å². The number of fused-ring (bicyclic) bond motifs is 2. The zero-order valence-electron chi connectivity index (χ0n) is 17.7. The van der Waals surface area contributed by atoms with Crippen molar-refractivity contribution in [1.29, 1.82) is 0 Å². The van der Waals surface area contributed by atoms with Gasteiger partial charge in [0.2, 0.25) is 5.56 Å². The molecule has 1 saturated heterocycles. The number of para-hydroxylation sites is 1. The van der Waals surface area contributed by atoms with E-state index in [9.17, 15) is 9.18 Å². The number of imidazole rings is 1. The summed E-state index contributed by atoms with van der Waals surface area (Å²) >= 11 is 0. The second-order valence-electron chi connectivity index (χ2n) is 7.95. The van der Waals surface area contributed by atoms with Gasteiger partial charge in [0.15, 0.2) is 11.5 Å². The summed E-state index contributed by atoms with van der Waals surface area (Å²) in [5, 5.41) is 0.912. The highest BCUT2D eigenvalue weighted by Crippen LogP contribution is 2.37. The number of nitrogens with zero attached hydrogens (tertiary/aromatic N) is 4. The van der Waals surface area contributed by atoms with Crippen LogP contribution >= 0.6 is 0 Å². The first-order valence-corrected chi connectivity index (χ1v) is 10.8. The monoisotopic (exact) mass is 441 g/mol. The number of hydrogen-bond acceptors (Lipinski definition) is 5. The van der Waals surface area contributed by atoms with Crippen LogP contribution in [-0.2, 0) is 4.74 Å². The zero-order valence-corrected chi connectivity index (χ0v) is 17.7. The van der Waals surface area contributed by atoms with Crippen LogP contribution in [0, 0.1) is 5.82 Å². The van der Waals surface area contributed by atoms with Crippen LogP contribution in [0.2, 0.25) is 0 Å². The highest BCUT2D eigenvalue weighted by molar-refractivity contribution is 5.97. The van der Waals surface area contributed by atoms with Crippen molar-refractivity contribution in [3.63, 3.8) is 0 Å². The van der Waals surface area contributed by atoms with Gasteiger partial charge in [-0.3, -0.25) is 9.20 Å². The summed E-state index contributed by atoms with van der Waals surface area (Å²) in [5.74, 6) is 0.457. The van der Waals surface area contributed by atoms with Gasteiger partial charge in [-0.05, 0) is 35.7 Å². The van der Waals surface area contributed by atoms with Crippen LogP contribution in [0.3, 0.4) is 0 Å². The Balaban J connectivity index is 1.68. The molecule has 164 valence electrons. The summed E-state index contributed by atoms with van der Waals surface area (Å²) in [6, 6.07) is 15.5. The van der Waals surface area contributed by atoms with Crippen molar-refractivity contribution in [3.05, 3.63) is 83.2 Å². The molecule has 0 atom stereocenters. The second-order valence-corrected chi connectivity index (χ2v) is 7.95. The van der Waals surface area contributed by atoms with Crippen molar-refractivity contribution in [2.45, 2.75) is 0 Å². The van der Waals surface area contributed by atoms with E-state index >= 15 is 0 Å². The number of H-pyrrole nitrogens is 1. The summed E-state index contributed by atoms with van der Waals surface area (Å²) in [6.07, 6.45) is 3.62. The second kappa shape index (κ2) is 7.83. The fraction of sp³-hybridized carbons (Fsp3) is 0.160. The largest absolute Gasteiger partial charge is 0.378 e. The SMILES string of the molecule is O=c1ccc2cccc(-c3c(-c4ccc(F)cc4)nc4c(N5CCOCC5)nccn34)c2[nH]1. The van der Waals surface area contributed by atoms with Crippen molar-refractivity contribution in [2.75, 3.05) is 31.2 Å². The van der Waals surface area contributed by atoms with Crippen LogP contribution in [0.15, 0.2) is 71.8 Å². The van der Waals surface area contributed by atoms with Crippen LogP contribution in [0.1, 0.15) is 0 Å². The summed E-state index contributed by atoms with van der Waals surface area (Å²) in [6.45, 7) is 2.71. The molecule has 33 heavy (non-hydrogen) atoms. The first kappa shape index (κ1) is 19.6.